The molecule has 2 heterocycles. The Balaban J connectivity index is 1.72. The van der Waals surface area contributed by atoms with Gasteiger partial charge in [0.05, 0.1) is 11.4 Å². The lowest BCUT2D eigenvalue weighted by atomic mass is 9.91. The summed E-state index contributed by atoms with van der Waals surface area (Å²) in [6.07, 6.45) is 1.97. The Morgan fingerprint density at radius 2 is 1.76 bits per heavy atom. The van der Waals surface area contributed by atoms with Crippen molar-refractivity contribution in [2.45, 2.75) is 24.7 Å². The molecule has 2 aromatic carbocycles. The Labute approximate surface area is 170 Å². The van der Waals surface area contributed by atoms with E-state index in [1.807, 2.05) is 54.7 Å². The molecule has 0 amide bonds. The molecule has 4 rings (SSSR count). The van der Waals surface area contributed by atoms with Gasteiger partial charge in [0.1, 0.15) is 4.90 Å². The van der Waals surface area contributed by atoms with Crippen LogP contribution in [0, 0.1) is 13.8 Å². The minimum absolute atomic E-state index is 0.126. The van der Waals surface area contributed by atoms with Crippen LogP contribution in [0.4, 0.5) is 0 Å². The summed E-state index contributed by atoms with van der Waals surface area (Å²) in [5.74, 6) is -0.126. The molecular weight excluding hydrogens is 384 g/mol. The van der Waals surface area contributed by atoms with E-state index in [9.17, 15) is 8.42 Å². The predicted octanol–water partition coefficient (Wildman–Crippen LogP) is 3.63. The SMILES string of the molecule is Cc1nn(C)c(C)c1S(=O)(=O)NC[C@H](c1ccccc1)c1c[nH]c2ccccc12. The summed E-state index contributed by atoms with van der Waals surface area (Å²) < 4.78 is 30.6. The summed E-state index contributed by atoms with van der Waals surface area (Å²) in [4.78, 5) is 3.55. The fraction of sp³-hybridized carbons (Fsp3) is 0.227. The number of para-hydroxylation sites is 1. The lowest BCUT2D eigenvalue weighted by Gasteiger charge is -2.18. The van der Waals surface area contributed by atoms with Crippen molar-refractivity contribution in [3.05, 3.63) is 83.3 Å². The smallest absolute Gasteiger partial charge is 0.244 e. The number of rotatable bonds is 6. The first-order valence-electron chi connectivity index (χ1n) is 9.49. The first-order valence-corrected chi connectivity index (χ1v) is 11.0. The average molecular weight is 409 g/mol. The summed E-state index contributed by atoms with van der Waals surface area (Å²) in [6.45, 7) is 3.74. The topological polar surface area (TPSA) is 79.8 Å². The summed E-state index contributed by atoms with van der Waals surface area (Å²) in [5, 5.41) is 5.34. The maximum atomic E-state index is 13.1. The highest BCUT2D eigenvalue weighted by atomic mass is 32.2. The molecule has 0 saturated heterocycles. The standard InChI is InChI=1S/C22H24N4O2S/c1-15-22(16(2)26(3)25-15)29(27,28)24-14-19(17-9-5-4-6-10-17)20-13-23-21-12-8-7-11-18(20)21/h4-13,19,23-24H,14H2,1-3H3/t19-/m1/s1. The Kier molecular flexibility index (Phi) is 5.02. The summed E-state index contributed by atoms with van der Waals surface area (Å²) in [6, 6.07) is 18.0. The Morgan fingerprint density at radius 3 is 2.45 bits per heavy atom. The predicted molar refractivity (Wildman–Crippen MR) is 114 cm³/mol. The minimum atomic E-state index is -3.69. The third-order valence-electron chi connectivity index (χ3n) is 5.39. The van der Waals surface area contributed by atoms with Crippen LogP contribution >= 0.6 is 0 Å². The number of nitrogens with one attached hydrogen (secondary N) is 2. The maximum absolute atomic E-state index is 13.1. The lowest BCUT2D eigenvalue weighted by Crippen LogP contribution is -2.29. The van der Waals surface area contributed by atoms with Crippen LogP contribution in [-0.4, -0.2) is 29.7 Å². The maximum Gasteiger partial charge on any atom is 0.244 e. The summed E-state index contributed by atoms with van der Waals surface area (Å²) in [7, 11) is -1.94. The zero-order valence-corrected chi connectivity index (χ0v) is 17.5. The molecule has 150 valence electrons. The molecule has 0 unspecified atom stereocenters. The molecule has 2 N–H and O–H groups in total. The average Bonchev–Trinajstić information content (AvgIpc) is 3.24. The van der Waals surface area contributed by atoms with Crippen molar-refractivity contribution < 1.29 is 8.42 Å². The van der Waals surface area contributed by atoms with Crippen LogP contribution in [0.15, 0.2) is 65.7 Å². The lowest BCUT2D eigenvalue weighted by molar-refractivity contribution is 0.576. The number of sulfonamides is 1. The fourth-order valence-corrected chi connectivity index (χ4v) is 5.36. The van der Waals surface area contributed by atoms with E-state index in [1.165, 1.54) is 0 Å². The van der Waals surface area contributed by atoms with Crippen molar-refractivity contribution in [1.29, 1.82) is 0 Å². The zero-order valence-electron chi connectivity index (χ0n) is 16.7. The quantitative estimate of drug-likeness (QED) is 0.511. The first-order chi connectivity index (χ1) is 13.9. The van der Waals surface area contributed by atoms with Gasteiger partial charge in [-0.3, -0.25) is 4.68 Å². The Bertz CT molecular complexity index is 1260. The van der Waals surface area contributed by atoms with Crippen molar-refractivity contribution in [2.24, 2.45) is 7.05 Å². The summed E-state index contributed by atoms with van der Waals surface area (Å²) in [5.41, 5.74) is 4.28. The molecular formula is C22H24N4O2S. The number of hydrogen-bond donors (Lipinski definition) is 2. The molecule has 6 nitrogen and oxygen atoms in total. The van der Waals surface area contributed by atoms with Gasteiger partial charge in [-0.25, -0.2) is 13.1 Å². The van der Waals surface area contributed by atoms with Gasteiger partial charge in [-0.15, -0.1) is 0 Å². The minimum Gasteiger partial charge on any atom is -0.361 e. The highest BCUT2D eigenvalue weighted by molar-refractivity contribution is 7.89. The molecule has 1 atom stereocenters. The van der Waals surface area contributed by atoms with Gasteiger partial charge in [-0.2, -0.15) is 5.10 Å². The molecule has 0 radical (unpaired) electrons. The molecule has 29 heavy (non-hydrogen) atoms. The molecule has 0 aliphatic carbocycles. The first kappa shape index (κ1) is 19.4. The van der Waals surface area contributed by atoms with Crippen LogP contribution in [0.5, 0.6) is 0 Å². The van der Waals surface area contributed by atoms with Gasteiger partial charge in [0.25, 0.3) is 0 Å². The number of hydrogen-bond acceptors (Lipinski definition) is 3. The van der Waals surface area contributed by atoms with E-state index < -0.39 is 10.0 Å². The van der Waals surface area contributed by atoms with Crippen molar-refractivity contribution in [3.63, 3.8) is 0 Å². The van der Waals surface area contributed by atoms with E-state index in [1.54, 1.807) is 25.6 Å². The van der Waals surface area contributed by atoms with Crippen LogP contribution in [-0.2, 0) is 17.1 Å². The molecule has 0 aliphatic rings. The number of aryl methyl sites for hydroxylation is 2. The molecule has 7 heteroatoms. The van der Waals surface area contributed by atoms with Gasteiger partial charge in [0.15, 0.2) is 0 Å². The normalized spacial score (nSPS) is 13.1. The van der Waals surface area contributed by atoms with E-state index in [0.717, 1.165) is 22.0 Å². The highest BCUT2D eigenvalue weighted by Crippen LogP contribution is 2.31. The largest absolute Gasteiger partial charge is 0.361 e. The number of H-pyrrole nitrogens is 1. The highest BCUT2D eigenvalue weighted by Gasteiger charge is 2.26. The number of aromatic amines is 1. The van der Waals surface area contributed by atoms with Crippen molar-refractivity contribution >= 4 is 20.9 Å². The van der Waals surface area contributed by atoms with E-state index in [4.69, 9.17) is 0 Å². The second-order valence-electron chi connectivity index (χ2n) is 7.23. The van der Waals surface area contributed by atoms with Gasteiger partial charge in [-0.05, 0) is 31.0 Å². The third-order valence-corrected chi connectivity index (χ3v) is 7.06. The molecule has 0 bridgehead atoms. The van der Waals surface area contributed by atoms with Crippen LogP contribution < -0.4 is 4.72 Å². The molecule has 0 aliphatic heterocycles. The Morgan fingerprint density at radius 1 is 1.07 bits per heavy atom. The van der Waals surface area contributed by atoms with Crippen LogP contribution in [0.1, 0.15) is 28.4 Å². The molecule has 0 fully saturated rings. The van der Waals surface area contributed by atoms with E-state index in [2.05, 4.69) is 20.9 Å². The van der Waals surface area contributed by atoms with Crippen molar-refractivity contribution in [1.82, 2.24) is 19.5 Å². The van der Waals surface area contributed by atoms with Gasteiger partial charge >= 0.3 is 0 Å². The zero-order chi connectivity index (χ0) is 20.6. The number of aromatic nitrogens is 3. The van der Waals surface area contributed by atoms with Gasteiger partial charge < -0.3 is 4.98 Å². The monoisotopic (exact) mass is 408 g/mol. The van der Waals surface area contributed by atoms with Crippen LogP contribution in [0.2, 0.25) is 0 Å². The second kappa shape index (κ2) is 7.50. The number of fused-ring (bicyclic) bond motifs is 1. The van der Waals surface area contributed by atoms with E-state index in [-0.39, 0.29) is 17.4 Å². The van der Waals surface area contributed by atoms with Crippen molar-refractivity contribution in [2.75, 3.05) is 6.54 Å². The van der Waals surface area contributed by atoms with Crippen molar-refractivity contribution in [3.8, 4) is 0 Å². The molecule has 2 aromatic heterocycles. The number of benzene rings is 2. The number of nitrogens with zero attached hydrogens (tertiary/aromatic N) is 2. The van der Waals surface area contributed by atoms with Gasteiger partial charge in [-0.1, -0.05) is 48.5 Å². The summed E-state index contributed by atoms with van der Waals surface area (Å²) >= 11 is 0. The molecule has 0 spiro atoms. The second-order valence-corrected chi connectivity index (χ2v) is 8.93. The van der Waals surface area contributed by atoms with Crippen LogP contribution in [0.3, 0.4) is 0 Å². The van der Waals surface area contributed by atoms with E-state index in [0.29, 0.717) is 11.4 Å². The van der Waals surface area contributed by atoms with Gasteiger partial charge in [0, 0.05) is 36.6 Å². The fourth-order valence-electron chi connectivity index (χ4n) is 3.88. The Hall–Kier alpha value is -2.90. The molecule has 4 aromatic rings. The van der Waals surface area contributed by atoms with Crippen LogP contribution in [0.25, 0.3) is 10.9 Å². The molecule has 0 saturated carbocycles. The van der Waals surface area contributed by atoms with E-state index >= 15 is 0 Å². The van der Waals surface area contributed by atoms with Gasteiger partial charge in [0.2, 0.25) is 10.0 Å². The third kappa shape index (κ3) is 3.59.